The van der Waals surface area contributed by atoms with Crippen molar-refractivity contribution in [2.75, 3.05) is 0 Å². The zero-order valence-electron chi connectivity index (χ0n) is 11.1. The average Bonchev–Trinajstić information content (AvgIpc) is 2.35. The fourth-order valence-corrected chi connectivity index (χ4v) is 2.51. The van der Waals surface area contributed by atoms with Crippen LogP contribution in [0, 0.1) is 0 Å². The molecule has 0 fully saturated rings. The van der Waals surface area contributed by atoms with E-state index in [-0.39, 0.29) is 0 Å². The van der Waals surface area contributed by atoms with Gasteiger partial charge in [0, 0.05) is 22.6 Å². The van der Waals surface area contributed by atoms with Crippen molar-refractivity contribution in [1.82, 2.24) is 5.32 Å². The number of hydrogen-bond acceptors (Lipinski definition) is 1. The number of benzene rings is 2. The van der Waals surface area contributed by atoms with Crippen LogP contribution in [0.2, 0.25) is 10.0 Å². The van der Waals surface area contributed by atoms with Crippen LogP contribution in [0.15, 0.2) is 42.5 Å². The minimum absolute atomic E-state index is 0.455. The average molecular weight is 294 g/mol. The Morgan fingerprint density at radius 3 is 2.26 bits per heavy atom. The normalized spacial score (nSPS) is 11.0. The number of rotatable bonds is 4. The third-order valence-electron chi connectivity index (χ3n) is 2.89. The maximum atomic E-state index is 6.08. The van der Waals surface area contributed by atoms with E-state index < -0.39 is 0 Å². The molecule has 2 aromatic carbocycles. The Kier molecular flexibility index (Phi) is 4.87. The summed E-state index contributed by atoms with van der Waals surface area (Å²) in [6, 6.07) is 14.4. The van der Waals surface area contributed by atoms with Crippen LogP contribution in [0.5, 0.6) is 0 Å². The minimum Gasteiger partial charge on any atom is -0.310 e. The number of nitrogens with one attached hydrogen (secondary N) is 1. The molecule has 0 aliphatic carbocycles. The second-order valence-corrected chi connectivity index (χ2v) is 5.72. The van der Waals surface area contributed by atoms with Crippen LogP contribution in [0.3, 0.4) is 0 Å². The first-order valence-corrected chi connectivity index (χ1v) is 7.09. The molecule has 0 amide bonds. The fourth-order valence-electron chi connectivity index (χ4n) is 1.98. The predicted molar refractivity (Wildman–Crippen MR) is 83.9 cm³/mol. The van der Waals surface area contributed by atoms with Crippen LogP contribution in [-0.2, 0) is 6.54 Å². The van der Waals surface area contributed by atoms with E-state index in [0.29, 0.717) is 16.1 Å². The molecule has 1 N–H and O–H groups in total. The summed E-state index contributed by atoms with van der Waals surface area (Å²) in [6.45, 7) is 5.11. The molecule has 0 unspecified atom stereocenters. The summed E-state index contributed by atoms with van der Waals surface area (Å²) in [5.74, 6) is 0. The molecular formula is C16H17Cl2N. The second kappa shape index (κ2) is 6.42. The van der Waals surface area contributed by atoms with E-state index in [1.165, 1.54) is 11.1 Å². The van der Waals surface area contributed by atoms with Crippen molar-refractivity contribution in [3.8, 4) is 11.1 Å². The highest BCUT2D eigenvalue weighted by molar-refractivity contribution is 6.35. The lowest BCUT2D eigenvalue weighted by Crippen LogP contribution is -2.22. The second-order valence-electron chi connectivity index (χ2n) is 4.85. The molecule has 0 spiro atoms. The monoisotopic (exact) mass is 293 g/mol. The lowest BCUT2D eigenvalue weighted by Gasteiger charge is -2.13. The standard InChI is InChI=1S/C16H17Cl2N/c1-11(2)19-10-12-5-3-4-6-16(12)13-7-14(17)9-15(18)8-13/h3-9,11,19H,10H2,1-2H3. The topological polar surface area (TPSA) is 12.0 Å². The van der Waals surface area contributed by atoms with Crippen LogP contribution in [0.1, 0.15) is 19.4 Å². The molecule has 1 nitrogen and oxygen atoms in total. The van der Waals surface area contributed by atoms with E-state index in [4.69, 9.17) is 23.2 Å². The van der Waals surface area contributed by atoms with Crippen molar-refractivity contribution in [2.24, 2.45) is 0 Å². The summed E-state index contributed by atoms with van der Waals surface area (Å²) in [4.78, 5) is 0. The molecule has 0 aromatic heterocycles. The molecule has 2 rings (SSSR count). The first kappa shape index (κ1) is 14.4. The Morgan fingerprint density at radius 2 is 1.63 bits per heavy atom. The Bertz CT molecular complexity index is 544. The lowest BCUT2D eigenvalue weighted by molar-refractivity contribution is 0.589. The number of hydrogen-bond donors (Lipinski definition) is 1. The number of halogens is 2. The van der Waals surface area contributed by atoms with E-state index in [2.05, 4.69) is 31.3 Å². The van der Waals surface area contributed by atoms with E-state index in [9.17, 15) is 0 Å². The summed E-state index contributed by atoms with van der Waals surface area (Å²) in [6.07, 6.45) is 0. The van der Waals surface area contributed by atoms with Crippen molar-refractivity contribution < 1.29 is 0 Å². The summed E-state index contributed by atoms with van der Waals surface area (Å²) in [5.41, 5.74) is 3.47. The van der Waals surface area contributed by atoms with Gasteiger partial charge in [-0.2, -0.15) is 0 Å². The van der Waals surface area contributed by atoms with Crippen LogP contribution in [0.25, 0.3) is 11.1 Å². The SMILES string of the molecule is CC(C)NCc1ccccc1-c1cc(Cl)cc(Cl)c1. The van der Waals surface area contributed by atoms with Crippen molar-refractivity contribution in [1.29, 1.82) is 0 Å². The molecule has 3 heteroatoms. The summed E-state index contributed by atoms with van der Waals surface area (Å²) in [5, 5.41) is 4.76. The lowest BCUT2D eigenvalue weighted by atomic mass is 9.99. The molecule has 0 radical (unpaired) electrons. The van der Waals surface area contributed by atoms with Crippen LogP contribution < -0.4 is 5.32 Å². The Morgan fingerprint density at radius 1 is 1.00 bits per heavy atom. The van der Waals surface area contributed by atoms with Gasteiger partial charge in [0.25, 0.3) is 0 Å². The maximum absolute atomic E-state index is 6.08. The van der Waals surface area contributed by atoms with Crippen LogP contribution in [-0.4, -0.2) is 6.04 Å². The van der Waals surface area contributed by atoms with Gasteiger partial charge >= 0.3 is 0 Å². The van der Waals surface area contributed by atoms with Crippen molar-refractivity contribution >= 4 is 23.2 Å². The van der Waals surface area contributed by atoms with Gasteiger partial charge in [0.15, 0.2) is 0 Å². The quantitative estimate of drug-likeness (QED) is 0.821. The van der Waals surface area contributed by atoms with E-state index >= 15 is 0 Å². The van der Waals surface area contributed by atoms with E-state index in [1.807, 2.05) is 24.3 Å². The van der Waals surface area contributed by atoms with Gasteiger partial charge in [0.2, 0.25) is 0 Å². The Balaban J connectivity index is 2.38. The highest BCUT2D eigenvalue weighted by atomic mass is 35.5. The van der Waals surface area contributed by atoms with Crippen molar-refractivity contribution in [3.05, 3.63) is 58.1 Å². The molecule has 19 heavy (non-hydrogen) atoms. The fraction of sp³-hybridized carbons (Fsp3) is 0.250. The van der Waals surface area contributed by atoms with E-state index in [1.54, 1.807) is 6.07 Å². The zero-order valence-corrected chi connectivity index (χ0v) is 12.6. The van der Waals surface area contributed by atoms with Crippen molar-refractivity contribution in [2.45, 2.75) is 26.4 Å². The van der Waals surface area contributed by atoms with Gasteiger partial charge in [-0.15, -0.1) is 0 Å². The van der Waals surface area contributed by atoms with Crippen LogP contribution in [0.4, 0.5) is 0 Å². The smallest absolute Gasteiger partial charge is 0.0426 e. The highest BCUT2D eigenvalue weighted by Gasteiger charge is 2.07. The summed E-state index contributed by atoms with van der Waals surface area (Å²) >= 11 is 12.2. The Hall–Kier alpha value is -1.02. The third-order valence-corrected chi connectivity index (χ3v) is 3.33. The third kappa shape index (κ3) is 3.97. The molecule has 100 valence electrons. The largest absolute Gasteiger partial charge is 0.310 e. The van der Waals surface area contributed by atoms with E-state index in [0.717, 1.165) is 12.1 Å². The predicted octanol–water partition coefficient (Wildman–Crippen LogP) is 5.16. The van der Waals surface area contributed by atoms with Gasteiger partial charge in [0.05, 0.1) is 0 Å². The molecule has 0 saturated carbocycles. The molecule has 0 atom stereocenters. The maximum Gasteiger partial charge on any atom is 0.0426 e. The zero-order chi connectivity index (χ0) is 13.8. The van der Waals surface area contributed by atoms with Gasteiger partial charge in [-0.1, -0.05) is 61.3 Å². The summed E-state index contributed by atoms with van der Waals surface area (Å²) in [7, 11) is 0. The molecule has 0 heterocycles. The molecule has 2 aromatic rings. The highest BCUT2D eigenvalue weighted by Crippen LogP contribution is 2.29. The molecule has 0 aliphatic rings. The van der Waals surface area contributed by atoms with Gasteiger partial charge in [-0.05, 0) is 34.9 Å². The Labute approximate surface area is 124 Å². The molecular weight excluding hydrogens is 277 g/mol. The van der Waals surface area contributed by atoms with Gasteiger partial charge in [0.1, 0.15) is 0 Å². The first-order chi connectivity index (χ1) is 9.06. The molecule has 0 saturated heterocycles. The molecule has 0 aliphatic heterocycles. The minimum atomic E-state index is 0.455. The van der Waals surface area contributed by atoms with Crippen molar-refractivity contribution in [3.63, 3.8) is 0 Å². The van der Waals surface area contributed by atoms with Gasteiger partial charge in [-0.25, -0.2) is 0 Å². The summed E-state index contributed by atoms with van der Waals surface area (Å²) < 4.78 is 0. The van der Waals surface area contributed by atoms with Crippen LogP contribution >= 0.6 is 23.2 Å². The van der Waals surface area contributed by atoms with Gasteiger partial charge < -0.3 is 5.32 Å². The first-order valence-electron chi connectivity index (χ1n) is 6.34. The molecule has 0 bridgehead atoms. The van der Waals surface area contributed by atoms with Gasteiger partial charge in [-0.3, -0.25) is 0 Å².